The van der Waals surface area contributed by atoms with Crippen molar-refractivity contribution in [1.29, 1.82) is 0 Å². The van der Waals surface area contributed by atoms with Crippen LogP contribution in [0.25, 0.3) is 10.9 Å². The molecule has 4 rings (SSSR count). The second-order valence-electron chi connectivity index (χ2n) is 8.14. The molecule has 0 spiro atoms. The molecule has 1 N–H and O–H groups in total. The van der Waals surface area contributed by atoms with Crippen molar-refractivity contribution < 1.29 is 8.42 Å². The first kappa shape index (κ1) is 23.2. The molecule has 4 aromatic rings. The number of pyridine rings is 2. The molecule has 0 amide bonds. The van der Waals surface area contributed by atoms with E-state index in [4.69, 9.17) is 11.6 Å². The fourth-order valence-electron chi connectivity index (χ4n) is 3.68. The van der Waals surface area contributed by atoms with Crippen LogP contribution >= 0.6 is 11.6 Å². The van der Waals surface area contributed by atoms with Crippen molar-refractivity contribution in [2.75, 3.05) is 0 Å². The molecule has 2 aromatic heterocycles. The summed E-state index contributed by atoms with van der Waals surface area (Å²) in [6, 6.07) is 13.9. The SMILES string of the molecule is Cc1ccc(S(=O)(=O)N(Cc2cccnc2)Cc2cc3ccc(C)c(C)c3[nH]c2=O)cc1Cl. The second-order valence-corrected chi connectivity index (χ2v) is 10.5. The van der Waals surface area contributed by atoms with Gasteiger partial charge >= 0.3 is 0 Å². The van der Waals surface area contributed by atoms with E-state index in [0.29, 0.717) is 16.1 Å². The van der Waals surface area contributed by atoms with E-state index in [1.807, 2.05) is 32.9 Å². The third-order valence-corrected chi connectivity index (χ3v) is 8.03. The highest BCUT2D eigenvalue weighted by Gasteiger charge is 2.27. The molecule has 0 aliphatic rings. The van der Waals surface area contributed by atoms with Gasteiger partial charge in [0.25, 0.3) is 5.56 Å². The maximum absolute atomic E-state index is 13.6. The second kappa shape index (κ2) is 9.09. The van der Waals surface area contributed by atoms with Crippen LogP contribution in [0.2, 0.25) is 5.02 Å². The molecule has 33 heavy (non-hydrogen) atoms. The van der Waals surface area contributed by atoms with Crippen molar-refractivity contribution >= 4 is 32.5 Å². The Balaban J connectivity index is 1.80. The Morgan fingerprint density at radius 2 is 1.76 bits per heavy atom. The average molecular weight is 482 g/mol. The van der Waals surface area contributed by atoms with E-state index in [9.17, 15) is 13.2 Å². The van der Waals surface area contributed by atoms with Crippen molar-refractivity contribution in [1.82, 2.24) is 14.3 Å². The Labute approximate surface area is 197 Å². The van der Waals surface area contributed by atoms with Crippen LogP contribution in [-0.2, 0) is 23.1 Å². The fourth-order valence-corrected chi connectivity index (χ4v) is 5.36. The molecule has 2 heterocycles. The number of hydrogen-bond acceptors (Lipinski definition) is 4. The first-order valence-corrected chi connectivity index (χ1v) is 12.3. The van der Waals surface area contributed by atoms with Gasteiger partial charge in [0.15, 0.2) is 0 Å². The van der Waals surface area contributed by atoms with E-state index in [1.165, 1.54) is 16.4 Å². The average Bonchev–Trinajstić information content (AvgIpc) is 2.79. The molecule has 0 unspecified atom stereocenters. The largest absolute Gasteiger partial charge is 0.321 e. The molecule has 0 radical (unpaired) electrons. The van der Waals surface area contributed by atoms with E-state index < -0.39 is 10.0 Å². The minimum absolute atomic E-state index is 0.0616. The lowest BCUT2D eigenvalue weighted by atomic mass is 10.0. The Morgan fingerprint density at radius 1 is 1.00 bits per heavy atom. The number of fused-ring (bicyclic) bond motifs is 1. The topological polar surface area (TPSA) is 83.1 Å². The minimum atomic E-state index is -3.95. The predicted molar refractivity (Wildman–Crippen MR) is 131 cm³/mol. The van der Waals surface area contributed by atoms with Crippen LogP contribution in [-0.4, -0.2) is 22.7 Å². The molecule has 8 heteroatoms. The van der Waals surface area contributed by atoms with Gasteiger partial charge in [-0.15, -0.1) is 0 Å². The number of benzene rings is 2. The van der Waals surface area contributed by atoms with E-state index in [1.54, 1.807) is 36.7 Å². The van der Waals surface area contributed by atoms with Crippen molar-refractivity contribution in [3.05, 3.63) is 104 Å². The number of nitrogens with one attached hydrogen (secondary N) is 1. The molecule has 0 aliphatic carbocycles. The summed E-state index contributed by atoms with van der Waals surface area (Å²) in [5.41, 5.74) is 4.36. The molecule has 0 saturated carbocycles. The van der Waals surface area contributed by atoms with Gasteiger partial charge in [0, 0.05) is 36.1 Å². The highest BCUT2D eigenvalue weighted by atomic mass is 35.5. The van der Waals surface area contributed by atoms with Gasteiger partial charge in [0.2, 0.25) is 10.0 Å². The Hall–Kier alpha value is -3.00. The van der Waals surface area contributed by atoms with E-state index >= 15 is 0 Å². The normalized spacial score (nSPS) is 11.9. The number of halogens is 1. The number of aromatic amines is 1. The van der Waals surface area contributed by atoms with Crippen molar-refractivity contribution in [2.24, 2.45) is 0 Å². The smallest absolute Gasteiger partial charge is 0.252 e. The summed E-state index contributed by atoms with van der Waals surface area (Å²) in [4.78, 5) is 20.0. The number of aryl methyl sites for hydroxylation is 3. The molecule has 0 bridgehead atoms. The van der Waals surface area contributed by atoms with Gasteiger partial charge in [-0.2, -0.15) is 4.31 Å². The minimum Gasteiger partial charge on any atom is -0.321 e. The number of nitrogens with zero attached hydrogens (tertiary/aromatic N) is 2. The first-order valence-electron chi connectivity index (χ1n) is 10.4. The van der Waals surface area contributed by atoms with Crippen LogP contribution in [0.5, 0.6) is 0 Å². The zero-order valence-electron chi connectivity index (χ0n) is 18.6. The van der Waals surface area contributed by atoms with Gasteiger partial charge in [0.1, 0.15) is 0 Å². The van der Waals surface area contributed by atoms with Crippen molar-refractivity contribution in [2.45, 2.75) is 38.8 Å². The molecular weight excluding hydrogens is 458 g/mol. The lowest BCUT2D eigenvalue weighted by Gasteiger charge is -2.23. The summed E-state index contributed by atoms with van der Waals surface area (Å²) in [6.07, 6.45) is 3.24. The summed E-state index contributed by atoms with van der Waals surface area (Å²) in [7, 11) is -3.95. The van der Waals surface area contributed by atoms with Crippen LogP contribution in [0.15, 0.2) is 70.6 Å². The lowest BCUT2D eigenvalue weighted by molar-refractivity contribution is 0.399. The Morgan fingerprint density at radius 3 is 2.45 bits per heavy atom. The Kier molecular flexibility index (Phi) is 6.38. The zero-order chi connectivity index (χ0) is 23.8. The highest BCUT2D eigenvalue weighted by Crippen LogP contribution is 2.26. The molecule has 0 fully saturated rings. The highest BCUT2D eigenvalue weighted by molar-refractivity contribution is 7.89. The Bertz CT molecular complexity index is 1500. The molecule has 0 atom stereocenters. The predicted octanol–water partition coefficient (Wildman–Crippen LogP) is 4.89. The van der Waals surface area contributed by atoms with E-state index in [2.05, 4.69) is 9.97 Å². The molecule has 0 aliphatic heterocycles. The van der Waals surface area contributed by atoms with Gasteiger partial charge in [-0.1, -0.05) is 35.9 Å². The van der Waals surface area contributed by atoms with Crippen LogP contribution < -0.4 is 5.56 Å². The van der Waals surface area contributed by atoms with E-state index in [0.717, 1.165) is 27.6 Å². The van der Waals surface area contributed by atoms with Gasteiger partial charge < -0.3 is 4.98 Å². The van der Waals surface area contributed by atoms with E-state index in [-0.39, 0.29) is 23.5 Å². The molecule has 170 valence electrons. The van der Waals surface area contributed by atoms with Crippen LogP contribution in [0.3, 0.4) is 0 Å². The van der Waals surface area contributed by atoms with Gasteiger partial charge in [-0.25, -0.2) is 8.42 Å². The van der Waals surface area contributed by atoms with Crippen LogP contribution in [0, 0.1) is 20.8 Å². The van der Waals surface area contributed by atoms with Gasteiger partial charge in [-0.3, -0.25) is 9.78 Å². The molecule has 6 nitrogen and oxygen atoms in total. The maximum Gasteiger partial charge on any atom is 0.252 e. The monoisotopic (exact) mass is 481 g/mol. The molecule has 2 aromatic carbocycles. The van der Waals surface area contributed by atoms with Gasteiger partial charge in [-0.05, 0) is 72.7 Å². The van der Waals surface area contributed by atoms with Crippen molar-refractivity contribution in [3.8, 4) is 0 Å². The summed E-state index contributed by atoms with van der Waals surface area (Å²) in [5, 5.41) is 1.22. The number of rotatable bonds is 6. The number of aromatic nitrogens is 2. The fraction of sp³-hybridized carbons (Fsp3) is 0.200. The summed E-state index contributed by atoms with van der Waals surface area (Å²) in [5.74, 6) is 0. The molecular formula is C25H24ClN3O3S. The quantitative estimate of drug-likeness (QED) is 0.425. The summed E-state index contributed by atoms with van der Waals surface area (Å²) >= 11 is 6.22. The lowest BCUT2D eigenvalue weighted by Crippen LogP contribution is -2.32. The number of hydrogen-bond donors (Lipinski definition) is 1. The third-order valence-electron chi connectivity index (χ3n) is 5.84. The summed E-state index contributed by atoms with van der Waals surface area (Å²) < 4.78 is 28.5. The summed E-state index contributed by atoms with van der Waals surface area (Å²) in [6.45, 7) is 5.71. The van der Waals surface area contributed by atoms with Gasteiger partial charge in [0.05, 0.1) is 10.4 Å². The number of H-pyrrole nitrogens is 1. The van der Waals surface area contributed by atoms with Crippen LogP contribution in [0.1, 0.15) is 27.8 Å². The first-order chi connectivity index (χ1) is 15.7. The van der Waals surface area contributed by atoms with Crippen molar-refractivity contribution in [3.63, 3.8) is 0 Å². The standard InChI is InChI=1S/C25H24ClN3O3S/c1-16-6-8-20-11-21(25(30)28-24(20)18(16)3)15-29(14-19-5-4-10-27-13-19)33(31,32)22-9-7-17(2)23(26)12-22/h4-13H,14-15H2,1-3H3,(H,28,30). The maximum atomic E-state index is 13.6. The third kappa shape index (κ3) is 4.71. The number of sulfonamides is 1. The van der Waals surface area contributed by atoms with Crippen LogP contribution in [0.4, 0.5) is 0 Å². The molecule has 0 saturated heterocycles. The zero-order valence-corrected chi connectivity index (χ0v) is 20.2.